The Morgan fingerprint density at radius 1 is 1.27 bits per heavy atom. The van der Waals surface area contributed by atoms with Crippen molar-refractivity contribution in [2.75, 3.05) is 27.2 Å². The summed E-state index contributed by atoms with van der Waals surface area (Å²) in [6.45, 7) is 5.13. The lowest BCUT2D eigenvalue weighted by Crippen LogP contribution is -2.46. The first kappa shape index (κ1) is 20.7. The monoisotopic (exact) mass is 328 g/mol. The summed E-state index contributed by atoms with van der Waals surface area (Å²) in [5.41, 5.74) is 6.55. The van der Waals surface area contributed by atoms with Gasteiger partial charge in [-0.05, 0) is 30.9 Å². The SMILES string of the molecule is CCC(CC)(CN)C(=O)N(C)CCc1ccccc1OC.Cl. The molecule has 5 heteroatoms. The molecule has 0 unspecified atom stereocenters. The minimum absolute atomic E-state index is 0. The summed E-state index contributed by atoms with van der Waals surface area (Å²) >= 11 is 0. The van der Waals surface area contributed by atoms with Crippen molar-refractivity contribution in [3.63, 3.8) is 0 Å². The maximum atomic E-state index is 12.6. The summed E-state index contributed by atoms with van der Waals surface area (Å²) in [4.78, 5) is 14.4. The number of benzene rings is 1. The molecule has 0 aliphatic carbocycles. The van der Waals surface area contributed by atoms with E-state index in [4.69, 9.17) is 10.5 Å². The van der Waals surface area contributed by atoms with Gasteiger partial charge >= 0.3 is 0 Å². The van der Waals surface area contributed by atoms with Crippen molar-refractivity contribution in [1.29, 1.82) is 0 Å². The molecular weight excluding hydrogens is 300 g/mol. The van der Waals surface area contributed by atoms with E-state index >= 15 is 0 Å². The van der Waals surface area contributed by atoms with E-state index in [2.05, 4.69) is 0 Å². The van der Waals surface area contributed by atoms with Gasteiger partial charge in [0.15, 0.2) is 0 Å². The summed E-state index contributed by atoms with van der Waals surface area (Å²) in [5, 5.41) is 0. The molecule has 0 aliphatic rings. The highest BCUT2D eigenvalue weighted by atomic mass is 35.5. The average molecular weight is 329 g/mol. The number of rotatable bonds is 8. The molecule has 2 N–H and O–H groups in total. The molecule has 0 saturated carbocycles. The van der Waals surface area contributed by atoms with Gasteiger partial charge in [-0.1, -0.05) is 32.0 Å². The Hall–Kier alpha value is -1.26. The van der Waals surface area contributed by atoms with Crippen molar-refractivity contribution in [2.24, 2.45) is 11.1 Å². The van der Waals surface area contributed by atoms with E-state index in [1.54, 1.807) is 12.0 Å². The number of likely N-dealkylation sites (N-methyl/N-ethyl adjacent to an activating group) is 1. The first-order valence-electron chi connectivity index (χ1n) is 7.62. The lowest BCUT2D eigenvalue weighted by molar-refractivity contribution is -0.140. The topological polar surface area (TPSA) is 55.6 Å². The van der Waals surface area contributed by atoms with Gasteiger partial charge in [0.2, 0.25) is 5.91 Å². The number of methoxy groups -OCH3 is 1. The van der Waals surface area contributed by atoms with Gasteiger partial charge in [0.05, 0.1) is 12.5 Å². The van der Waals surface area contributed by atoms with Gasteiger partial charge in [0.1, 0.15) is 5.75 Å². The lowest BCUT2D eigenvalue weighted by atomic mass is 9.81. The molecule has 0 atom stereocenters. The first-order valence-corrected chi connectivity index (χ1v) is 7.62. The highest BCUT2D eigenvalue weighted by molar-refractivity contribution is 5.85. The van der Waals surface area contributed by atoms with Crippen LogP contribution in [0.15, 0.2) is 24.3 Å². The largest absolute Gasteiger partial charge is 0.496 e. The smallest absolute Gasteiger partial charge is 0.229 e. The van der Waals surface area contributed by atoms with E-state index in [1.807, 2.05) is 45.2 Å². The van der Waals surface area contributed by atoms with Crippen LogP contribution in [-0.2, 0) is 11.2 Å². The molecule has 0 bridgehead atoms. The molecule has 0 fully saturated rings. The number of nitrogens with two attached hydrogens (primary N) is 1. The molecule has 0 aromatic heterocycles. The molecule has 4 nitrogen and oxygen atoms in total. The normalized spacial score (nSPS) is 10.8. The number of carbonyl (C=O) groups is 1. The number of nitrogens with zero attached hydrogens (tertiary/aromatic N) is 1. The minimum atomic E-state index is -0.421. The second kappa shape index (κ2) is 9.70. The number of halogens is 1. The number of para-hydroxylation sites is 1. The fourth-order valence-electron chi connectivity index (χ4n) is 2.63. The van der Waals surface area contributed by atoms with Gasteiger partial charge in [0.25, 0.3) is 0 Å². The predicted octanol–water partition coefficient (Wildman–Crippen LogP) is 2.88. The Labute approximate surface area is 140 Å². The minimum Gasteiger partial charge on any atom is -0.496 e. The van der Waals surface area contributed by atoms with Crippen LogP contribution in [0, 0.1) is 5.41 Å². The molecule has 22 heavy (non-hydrogen) atoms. The number of carbonyl (C=O) groups excluding carboxylic acids is 1. The van der Waals surface area contributed by atoms with Crippen molar-refractivity contribution in [1.82, 2.24) is 4.90 Å². The van der Waals surface area contributed by atoms with Crippen molar-refractivity contribution >= 4 is 18.3 Å². The third kappa shape index (κ3) is 4.62. The third-order valence-corrected chi connectivity index (χ3v) is 4.45. The predicted molar refractivity (Wildman–Crippen MR) is 93.7 cm³/mol. The fraction of sp³-hybridized carbons (Fsp3) is 0.588. The third-order valence-electron chi connectivity index (χ3n) is 4.45. The average Bonchev–Trinajstić information content (AvgIpc) is 2.54. The Kier molecular flexibility index (Phi) is 9.14. The Morgan fingerprint density at radius 2 is 1.86 bits per heavy atom. The van der Waals surface area contributed by atoms with E-state index in [1.165, 1.54) is 0 Å². The van der Waals surface area contributed by atoms with E-state index in [0.29, 0.717) is 13.1 Å². The van der Waals surface area contributed by atoms with Crippen LogP contribution in [0.5, 0.6) is 5.75 Å². The highest BCUT2D eigenvalue weighted by Crippen LogP contribution is 2.27. The van der Waals surface area contributed by atoms with Crippen molar-refractivity contribution in [3.8, 4) is 5.75 Å². The summed E-state index contributed by atoms with van der Waals surface area (Å²) in [7, 11) is 3.52. The van der Waals surface area contributed by atoms with E-state index in [9.17, 15) is 4.79 Å². The van der Waals surface area contributed by atoms with Crippen molar-refractivity contribution in [3.05, 3.63) is 29.8 Å². The van der Waals surface area contributed by atoms with E-state index in [-0.39, 0.29) is 18.3 Å². The van der Waals surface area contributed by atoms with Crippen LogP contribution in [0.1, 0.15) is 32.3 Å². The van der Waals surface area contributed by atoms with Gasteiger partial charge in [-0.25, -0.2) is 0 Å². The molecule has 0 heterocycles. The van der Waals surface area contributed by atoms with E-state index < -0.39 is 5.41 Å². The molecule has 1 aromatic rings. The Balaban J connectivity index is 0.00000441. The van der Waals surface area contributed by atoms with Crippen molar-refractivity contribution in [2.45, 2.75) is 33.1 Å². The molecular formula is C17H29ClN2O2. The van der Waals surface area contributed by atoms with Gasteiger partial charge < -0.3 is 15.4 Å². The molecule has 1 rings (SSSR count). The quantitative estimate of drug-likeness (QED) is 0.798. The maximum absolute atomic E-state index is 12.6. The van der Waals surface area contributed by atoms with Gasteiger partial charge in [-0.3, -0.25) is 4.79 Å². The van der Waals surface area contributed by atoms with Crippen LogP contribution in [0.25, 0.3) is 0 Å². The zero-order chi connectivity index (χ0) is 15.9. The Bertz CT molecular complexity index is 453. The second-order valence-corrected chi connectivity index (χ2v) is 5.48. The molecule has 0 saturated heterocycles. The zero-order valence-corrected chi connectivity index (χ0v) is 14.9. The van der Waals surface area contributed by atoms with Crippen LogP contribution in [0.4, 0.5) is 0 Å². The van der Waals surface area contributed by atoms with Gasteiger partial charge in [-0.2, -0.15) is 0 Å². The summed E-state index contributed by atoms with van der Waals surface area (Å²) < 4.78 is 5.35. The van der Waals surface area contributed by atoms with Crippen LogP contribution in [0.3, 0.4) is 0 Å². The number of ether oxygens (including phenoxy) is 1. The molecule has 0 radical (unpaired) electrons. The van der Waals surface area contributed by atoms with Crippen LogP contribution >= 0.6 is 12.4 Å². The fourth-order valence-corrected chi connectivity index (χ4v) is 2.63. The maximum Gasteiger partial charge on any atom is 0.229 e. The number of hydrogen-bond donors (Lipinski definition) is 1. The summed E-state index contributed by atoms with van der Waals surface area (Å²) in [6, 6.07) is 7.92. The summed E-state index contributed by atoms with van der Waals surface area (Å²) in [6.07, 6.45) is 2.33. The van der Waals surface area contributed by atoms with Crippen LogP contribution in [-0.4, -0.2) is 38.1 Å². The highest BCUT2D eigenvalue weighted by Gasteiger charge is 2.35. The molecule has 126 valence electrons. The van der Waals surface area contributed by atoms with Crippen molar-refractivity contribution < 1.29 is 9.53 Å². The standard InChI is InChI=1S/C17H28N2O2.ClH/c1-5-17(6-2,13-18)16(20)19(3)12-11-14-9-7-8-10-15(14)21-4;/h7-10H,5-6,11-13,18H2,1-4H3;1H. The molecule has 0 spiro atoms. The molecule has 1 amide bonds. The lowest BCUT2D eigenvalue weighted by Gasteiger charge is -2.33. The van der Waals surface area contributed by atoms with Gasteiger partial charge in [0, 0.05) is 20.1 Å². The van der Waals surface area contributed by atoms with Crippen LogP contribution in [0.2, 0.25) is 0 Å². The number of amides is 1. The number of hydrogen-bond acceptors (Lipinski definition) is 3. The van der Waals surface area contributed by atoms with Crippen LogP contribution < -0.4 is 10.5 Å². The molecule has 0 aliphatic heterocycles. The Morgan fingerprint density at radius 3 is 2.36 bits per heavy atom. The zero-order valence-electron chi connectivity index (χ0n) is 14.1. The first-order chi connectivity index (χ1) is 10.0. The molecule has 1 aromatic carbocycles. The van der Waals surface area contributed by atoms with Gasteiger partial charge in [-0.15, -0.1) is 12.4 Å². The summed E-state index contributed by atoms with van der Waals surface area (Å²) in [5.74, 6) is 1.01. The second-order valence-electron chi connectivity index (χ2n) is 5.48. The van der Waals surface area contributed by atoms with E-state index in [0.717, 1.165) is 30.6 Å².